The Morgan fingerprint density at radius 3 is 3.00 bits per heavy atom. The molecule has 0 fully saturated rings. The van der Waals surface area contributed by atoms with Crippen molar-refractivity contribution >= 4 is 21.3 Å². The lowest BCUT2D eigenvalue weighted by Crippen LogP contribution is -2.18. The van der Waals surface area contributed by atoms with Crippen molar-refractivity contribution in [3.8, 4) is 0 Å². The third-order valence-corrected chi connectivity index (χ3v) is 3.97. The van der Waals surface area contributed by atoms with Gasteiger partial charge in [-0.3, -0.25) is 4.98 Å². The summed E-state index contributed by atoms with van der Waals surface area (Å²) in [6.45, 7) is 1.93. The van der Waals surface area contributed by atoms with Gasteiger partial charge in [0, 0.05) is 12.3 Å². The van der Waals surface area contributed by atoms with Gasteiger partial charge >= 0.3 is 0 Å². The summed E-state index contributed by atoms with van der Waals surface area (Å²) in [5.41, 5.74) is 0.508. The van der Waals surface area contributed by atoms with Crippen LogP contribution in [0.1, 0.15) is 6.92 Å². The average Bonchev–Trinajstić information content (AvgIpc) is 2.78. The van der Waals surface area contributed by atoms with E-state index < -0.39 is 9.84 Å². The van der Waals surface area contributed by atoms with E-state index in [0.29, 0.717) is 18.0 Å². The van der Waals surface area contributed by atoms with Crippen LogP contribution in [0.3, 0.4) is 0 Å². The van der Waals surface area contributed by atoms with E-state index in [-0.39, 0.29) is 11.5 Å². The summed E-state index contributed by atoms with van der Waals surface area (Å²) in [5, 5.41) is 13.9. The first kappa shape index (κ1) is 11.7. The van der Waals surface area contributed by atoms with Gasteiger partial charge in [-0.05, 0) is 10.4 Å². The lowest BCUT2D eigenvalue weighted by Gasteiger charge is -2.06. The van der Waals surface area contributed by atoms with E-state index in [9.17, 15) is 8.42 Å². The number of rotatable bonds is 5. The van der Waals surface area contributed by atoms with Crippen LogP contribution in [0.15, 0.2) is 12.4 Å². The highest BCUT2D eigenvalue weighted by Crippen LogP contribution is 2.05. The van der Waals surface area contributed by atoms with Crippen molar-refractivity contribution in [3.05, 3.63) is 12.4 Å². The van der Waals surface area contributed by atoms with Gasteiger partial charge in [-0.25, -0.2) is 8.42 Å². The quantitative estimate of drug-likeness (QED) is 0.759. The number of hydrogen-bond donors (Lipinski definition) is 1. The van der Waals surface area contributed by atoms with Crippen LogP contribution in [0.2, 0.25) is 0 Å². The predicted octanol–water partition coefficient (Wildman–Crippen LogP) is -0.634. The van der Waals surface area contributed by atoms with Crippen molar-refractivity contribution in [2.45, 2.75) is 6.92 Å². The predicted molar refractivity (Wildman–Crippen MR) is 61.4 cm³/mol. The molecule has 0 unspecified atom stereocenters. The lowest BCUT2D eigenvalue weighted by molar-refractivity contribution is 0.597. The summed E-state index contributed by atoms with van der Waals surface area (Å²) in [6, 6.07) is 0. The first-order chi connectivity index (χ1) is 8.12. The monoisotopic (exact) mass is 256 g/mol. The Kier molecular flexibility index (Phi) is 3.18. The smallest absolute Gasteiger partial charge is 0.199 e. The zero-order valence-electron chi connectivity index (χ0n) is 9.24. The Morgan fingerprint density at radius 2 is 2.24 bits per heavy atom. The van der Waals surface area contributed by atoms with Crippen molar-refractivity contribution in [1.29, 1.82) is 0 Å². The van der Waals surface area contributed by atoms with Gasteiger partial charge in [-0.15, -0.1) is 5.10 Å². The molecule has 92 valence electrons. The van der Waals surface area contributed by atoms with Crippen LogP contribution in [0.4, 0.5) is 5.82 Å². The number of hydrogen-bond acceptors (Lipinski definition) is 7. The minimum atomic E-state index is -2.97. The Morgan fingerprint density at radius 1 is 1.41 bits per heavy atom. The summed E-state index contributed by atoms with van der Waals surface area (Å²) in [7, 11) is -2.97. The highest BCUT2D eigenvalue weighted by Gasteiger charge is 2.08. The number of nitrogens with one attached hydrogen (secondary N) is 1. The highest BCUT2D eigenvalue weighted by molar-refractivity contribution is 7.91. The summed E-state index contributed by atoms with van der Waals surface area (Å²) >= 11 is 0. The van der Waals surface area contributed by atoms with Crippen LogP contribution in [-0.4, -0.2) is 51.5 Å². The summed E-state index contributed by atoms with van der Waals surface area (Å²) in [6.07, 6.45) is 3.07. The van der Waals surface area contributed by atoms with Crippen LogP contribution < -0.4 is 5.32 Å². The molecule has 0 spiro atoms. The molecule has 0 bridgehead atoms. The van der Waals surface area contributed by atoms with Gasteiger partial charge in [0.1, 0.15) is 5.82 Å². The Labute approximate surface area is 98.0 Å². The minimum Gasteiger partial charge on any atom is -0.368 e. The number of anilines is 1. The normalized spacial score (nSPS) is 11.8. The maximum absolute atomic E-state index is 11.3. The lowest BCUT2D eigenvalue weighted by atomic mass is 10.6. The molecule has 8 nitrogen and oxygen atoms in total. The van der Waals surface area contributed by atoms with E-state index >= 15 is 0 Å². The van der Waals surface area contributed by atoms with Crippen LogP contribution in [0, 0.1) is 0 Å². The molecular formula is C8H12N6O2S. The van der Waals surface area contributed by atoms with Gasteiger partial charge in [0.15, 0.2) is 15.5 Å². The maximum Gasteiger partial charge on any atom is 0.199 e. The molecule has 1 N–H and O–H groups in total. The molecule has 0 radical (unpaired) electrons. The number of aromatic nitrogens is 5. The zero-order chi connectivity index (χ0) is 12.3. The SMILES string of the molecule is CCS(=O)(=O)CCNc1cncc2nnnn12. The molecule has 0 aliphatic rings. The fourth-order valence-electron chi connectivity index (χ4n) is 1.27. The van der Waals surface area contributed by atoms with Crippen molar-refractivity contribution in [3.63, 3.8) is 0 Å². The topological polar surface area (TPSA) is 102 Å². The summed E-state index contributed by atoms with van der Waals surface area (Å²) < 4.78 is 24.1. The standard InChI is InChI=1S/C8H12N6O2S/c1-2-17(15,16)4-3-10-7-5-9-6-8-11-12-13-14(7)8/h5-6,10H,2-4H2,1H3. The van der Waals surface area contributed by atoms with Gasteiger partial charge < -0.3 is 5.32 Å². The molecule has 0 amide bonds. The van der Waals surface area contributed by atoms with E-state index in [0.717, 1.165) is 0 Å². The molecule has 2 aromatic rings. The van der Waals surface area contributed by atoms with E-state index in [4.69, 9.17) is 0 Å². The third-order valence-electron chi connectivity index (χ3n) is 2.27. The van der Waals surface area contributed by atoms with Gasteiger partial charge in [-0.1, -0.05) is 6.92 Å². The van der Waals surface area contributed by atoms with E-state index in [2.05, 4.69) is 25.8 Å². The molecule has 2 rings (SSSR count). The second kappa shape index (κ2) is 4.62. The van der Waals surface area contributed by atoms with Gasteiger partial charge in [0.25, 0.3) is 0 Å². The molecule has 17 heavy (non-hydrogen) atoms. The Hall–Kier alpha value is -1.77. The zero-order valence-corrected chi connectivity index (χ0v) is 10.1. The molecule has 0 atom stereocenters. The second-order valence-electron chi connectivity index (χ2n) is 3.40. The van der Waals surface area contributed by atoms with Gasteiger partial charge in [-0.2, -0.15) is 4.52 Å². The molecule has 2 aromatic heterocycles. The van der Waals surface area contributed by atoms with Gasteiger partial charge in [0.2, 0.25) is 0 Å². The van der Waals surface area contributed by atoms with Crippen molar-refractivity contribution in [1.82, 2.24) is 25.0 Å². The number of nitrogens with zero attached hydrogens (tertiary/aromatic N) is 5. The minimum absolute atomic E-state index is 0.0714. The fourth-order valence-corrected chi connectivity index (χ4v) is 1.98. The van der Waals surface area contributed by atoms with Crippen molar-refractivity contribution in [2.75, 3.05) is 23.4 Å². The molecule has 0 aromatic carbocycles. The number of tetrazole rings is 1. The van der Waals surface area contributed by atoms with E-state index in [1.807, 2.05) is 0 Å². The van der Waals surface area contributed by atoms with Crippen LogP contribution >= 0.6 is 0 Å². The maximum atomic E-state index is 11.3. The largest absolute Gasteiger partial charge is 0.368 e. The average molecular weight is 256 g/mol. The van der Waals surface area contributed by atoms with Crippen molar-refractivity contribution in [2.24, 2.45) is 0 Å². The molecule has 0 saturated carbocycles. The highest BCUT2D eigenvalue weighted by atomic mass is 32.2. The molecule has 9 heteroatoms. The first-order valence-corrected chi connectivity index (χ1v) is 6.91. The second-order valence-corrected chi connectivity index (χ2v) is 5.88. The Balaban J connectivity index is 2.07. The summed E-state index contributed by atoms with van der Waals surface area (Å²) in [5.74, 6) is 0.781. The fraction of sp³-hybridized carbons (Fsp3) is 0.500. The van der Waals surface area contributed by atoms with Crippen molar-refractivity contribution < 1.29 is 8.42 Å². The molecule has 0 aliphatic heterocycles. The number of fused-ring (bicyclic) bond motifs is 1. The third kappa shape index (κ3) is 2.67. The van der Waals surface area contributed by atoms with E-state index in [1.165, 1.54) is 10.7 Å². The van der Waals surface area contributed by atoms with Crippen LogP contribution in [0.25, 0.3) is 5.65 Å². The van der Waals surface area contributed by atoms with Crippen LogP contribution in [-0.2, 0) is 9.84 Å². The summed E-state index contributed by atoms with van der Waals surface area (Å²) in [4.78, 5) is 3.95. The van der Waals surface area contributed by atoms with Crippen LogP contribution in [0.5, 0.6) is 0 Å². The Bertz CT molecular complexity index is 607. The van der Waals surface area contributed by atoms with Gasteiger partial charge in [0.05, 0.1) is 18.1 Å². The first-order valence-electron chi connectivity index (χ1n) is 5.09. The van der Waals surface area contributed by atoms with E-state index in [1.54, 1.807) is 13.1 Å². The molecule has 0 aliphatic carbocycles. The molecular weight excluding hydrogens is 244 g/mol. The molecule has 0 saturated heterocycles. The number of sulfone groups is 1. The molecule has 2 heterocycles.